The fourth-order valence-corrected chi connectivity index (χ4v) is 1.96. The Morgan fingerprint density at radius 1 is 1.11 bits per heavy atom. The van der Waals surface area contributed by atoms with Crippen LogP contribution in [0.5, 0.6) is 0 Å². The highest BCUT2D eigenvalue weighted by Gasteiger charge is 2.06. The maximum absolute atomic E-state index is 13.6. The molecule has 0 fully saturated rings. The van der Waals surface area contributed by atoms with Crippen molar-refractivity contribution < 1.29 is 4.39 Å². The van der Waals surface area contributed by atoms with E-state index in [1.807, 2.05) is 30.3 Å². The SMILES string of the molecule is CCC(N)c1cccc(-c2ccc(C)c(F)c2)c1. The van der Waals surface area contributed by atoms with Crippen molar-refractivity contribution in [2.45, 2.75) is 26.3 Å². The van der Waals surface area contributed by atoms with E-state index in [4.69, 9.17) is 5.73 Å². The summed E-state index contributed by atoms with van der Waals surface area (Å²) in [6, 6.07) is 13.4. The molecule has 0 saturated heterocycles. The van der Waals surface area contributed by atoms with E-state index in [1.165, 1.54) is 0 Å². The van der Waals surface area contributed by atoms with Crippen LogP contribution in [0.3, 0.4) is 0 Å². The number of benzene rings is 2. The fraction of sp³-hybridized carbons (Fsp3) is 0.250. The Morgan fingerprint density at radius 3 is 2.50 bits per heavy atom. The molecule has 2 rings (SSSR count). The largest absolute Gasteiger partial charge is 0.324 e. The van der Waals surface area contributed by atoms with Gasteiger partial charge >= 0.3 is 0 Å². The summed E-state index contributed by atoms with van der Waals surface area (Å²) in [6.45, 7) is 3.82. The summed E-state index contributed by atoms with van der Waals surface area (Å²) in [6.07, 6.45) is 0.895. The fourth-order valence-electron chi connectivity index (χ4n) is 1.96. The molecule has 0 bridgehead atoms. The number of nitrogens with two attached hydrogens (primary N) is 1. The lowest BCUT2D eigenvalue weighted by atomic mass is 9.98. The van der Waals surface area contributed by atoms with Gasteiger partial charge in [-0.25, -0.2) is 4.39 Å². The Kier molecular flexibility index (Phi) is 3.78. The molecule has 18 heavy (non-hydrogen) atoms. The highest BCUT2D eigenvalue weighted by molar-refractivity contribution is 5.64. The normalized spacial score (nSPS) is 12.4. The number of hydrogen-bond donors (Lipinski definition) is 1. The summed E-state index contributed by atoms with van der Waals surface area (Å²) in [5.41, 5.74) is 9.68. The van der Waals surface area contributed by atoms with Crippen molar-refractivity contribution >= 4 is 0 Å². The van der Waals surface area contributed by atoms with Crippen molar-refractivity contribution in [3.63, 3.8) is 0 Å². The number of rotatable bonds is 3. The highest BCUT2D eigenvalue weighted by atomic mass is 19.1. The third-order valence-corrected chi connectivity index (χ3v) is 3.26. The third kappa shape index (κ3) is 2.59. The van der Waals surface area contributed by atoms with Crippen LogP contribution in [0.25, 0.3) is 11.1 Å². The van der Waals surface area contributed by atoms with Crippen molar-refractivity contribution in [3.8, 4) is 11.1 Å². The summed E-state index contributed by atoms with van der Waals surface area (Å²) in [7, 11) is 0. The lowest BCUT2D eigenvalue weighted by Crippen LogP contribution is -2.08. The van der Waals surface area contributed by atoms with Crippen molar-refractivity contribution in [2.24, 2.45) is 5.73 Å². The second-order valence-electron chi connectivity index (χ2n) is 4.60. The molecule has 0 aliphatic carbocycles. The third-order valence-electron chi connectivity index (χ3n) is 3.26. The first-order valence-corrected chi connectivity index (χ1v) is 6.24. The average Bonchev–Trinajstić information content (AvgIpc) is 2.41. The van der Waals surface area contributed by atoms with Crippen LogP contribution in [0.4, 0.5) is 4.39 Å². The minimum Gasteiger partial charge on any atom is -0.324 e. The first kappa shape index (κ1) is 12.8. The molecule has 2 aromatic carbocycles. The molecule has 2 N–H and O–H groups in total. The van der Waals surface area contributed by atoms with Gasteiger partial charge in [-0.1, -0.05) is 37.3 Å². The second-order valence-corrected chi connectivity index (χ2v) is 4.60. The summed E-state index contributed by atoms with van der Waals surface area (Å²) in [5, 5.41) is 0. The summed E-state index contributed by atoms with van der Waals surface area (Å²) in [4.78, 5) is 0. The molecule has 1 nitrogen and oxygen atoms in total. The molecule has 0 radical (unpaired) electrons. The van der Waals surface area contributed by atoms with E-state index in [-0.39, 0.29) is 11.9 Å². The van der Waals surface area contributed by atoms with Gasteiger partial charge in [-0.15, -0.1) is 0 Å². The molecule has 0 aromatic heterocycles. The molecule has 0 aliphatic rings. The van der Waals surface area contributed by atoms with Crippen LogP contribution in [0.1, 0.15) is 30.5 Å². The predicted octanol–water partition coefficient (Wildman–Crippen LogP) is 4.21. The zero-order chi connectivity index (χ0) is 13.1. The molecule has 0 saturated carbocycles. The molecule has 0 spiro atoms. The van der Waals surface area contributed by atoms with E-state index >= 15 is 0 Å². The van der Waals surface area contributed by atoms with Crippen molar-refractivity contribution in [2.75, 3.05) is 0 Å². The van der Waals surface area contributed by atoms with E-state index in [9.17, 15) is 4.39 Å². The molecular weight excluding hydrogens is 225 g/mol. The summed E-state index contributed by atoms with van der Waals surface area (Å²) >= 11 is 0. The van der Waals surface area contributed by atoms with E-state index in [0.29, 0.717) is 5.56 Å². The molecule has 0 aliphatic heterocycles. The van der Waals surface area contributed by atoms with Crippen LogP contribution in [0.15, 0.2) is 42.5 Å². The second kappa shape index (κ2) is 5.32. The van der Waals surface area contributed by atoms with Crippen LogP contribution in [-0.2, 0) is 0 Å². The molecular formula is C16H18FN. The van der Waals surface area contributed by atoms with Gasteiger partial charge in [0.15, 0.2) is 0 Å². The van der Waals surface area contributed by atoms with Gasteiger partial charge in [0.25, 0.3) is 0 Å². The molecule has 0 heterocycles. The molecule has 94 valence electrons. The first-order valence-electron chi connectivity index (χ1n) is 6.24. The molecule has 1 atom stereocenters. The first-order chi connectivity index (χ1) is 8.61. The van der Waals surface area contributed by atoms with Crippen LogP contribution >= 0.6 is 0 Å². The van der Waals surface area contributed by atoms with E-state index < -0.39 is 0 Å². The van der Waals surface area contributed by atoms with Crippen LogP contribution in [0, 0.1) is 12.7 Å². The smallest absolute Gasteiger partial charge is 0.126 e. The zero-order valence-corrected chi connectivity index (χ0v) is 10.8. The Labute approximate surface area is 107 Å². The van der Waals surface area contributed by atoms with Gasteiger partial charge in [-0.05, 0) is 47.7 Å². The topological polar surface area (TPSA) is 26.0 Å². The van der Waals surface area contributed by atoms with E-state index in [0.717, 1.165) is 23.1 Å². The van der Waals surface area contributed by atoms with Gasteiger partial charge in [0.2, 0.25) is 0 Å². The Hall–Kier alpha value is -1.67. The van der Waals surface area contributed by atoms with Crippen molar-refractivity contribution in [1.29, 1.82) is 0 Å². The summed E-state index contributed by atoms with van der Waals surface area (Å²) in [5.74, 6) is -0.169. The van der Waals surface area contributed by atoms with Gasteiger partial charge in [0, 0.05) is 6.04 Å². The quantitative estimate of drug-likeness (QED) is 0.858. The van der Waals surface area contributed by atoms with E-state index in [2.05, 4.69) is 6.92 Å². The zero-order valence-electron chi connectivity index (χ0n) is 10.8. The average molecular weight is 243 g/mol. The van der Waals surface area contributed by atoms with E-state index in [1.54, 1.807) is 19.1 Å². The van der Waals surface area contributed by atoms with Gasteiger partial charge in [-0.2, -0.15) is 0 Å². The Bertz CT molecular complexity index is 549. The number of aryl methyl sites for hydroxylation is 1. The summed E-state index contributed by atoms with van der Waals surface area (Å²) < 4.78 is 13.6. The minimum absolute atomic E-state index is 0.0419. The van der Waals surface area contributed by atoms with Crippen LogP contribution < -0.4 is 5.73 Å². The molecule has 0 amide bonds. The lowest BCUT2D eigenvalue weighted by molar-refractivity contribution is 0.619. The van der Waals surface area contributed by atoms with Crippen LogP contribution in [0.2, 0.25) is 0 Å². The van der Waals surface area contributed by atoms with Gasteiger partial charge < -0.3 is 5.73 Å². The highest BCUT2D eigenvalue weighted by Crippen LogP contribution is 2.25. The Balaban J connectivity index is 2.41. The van der Waals surface area contributed by atoms with Crippen molar-refractivity contribution in [1.82, 2.24) is 0 Å². The number of halogens is 1. The number of hydrogen-bond acceptors (Lipinski definition) is 1. The standard InChI is InChI=1S/C16H18FN/c1-3-16(18)14-6-4-5-12(9-14)13-8-7-11(2)15(17)10-13/h4-10,16H,3,18H2,1-2H3. The lowest BCUT2D eigenvalue weighted by Gasteiger charge is -2.11. The maximum Gasteiger partial charge on any atom is 0.126 e. The van der Waals surface area contributed by atoms with Crippen LogP contribution in [-0.4, -0.2) is 0 Å². The monoisotopic (exact) mass is 243 g/mol. The maximum atomic E-state index is 13.6. The van der Waals surface area contributed by atoms with Gasteiger partial charge in [0.05, 0.1) is 0 Å². The molecule has 2 heteroatoms. The minimum atomic E-state index is -0.169. The predicted molar refractivity (Wildman–Crippen MR) is 73.8 cm³/mol. The molecule has 2 aromatic rings. The van der Waals surface area contributed by atoms with Gasteiger partial charge in [0.1, 0.15) is 5.82 Å². The van der Waals surface area contributed by atoms with Gasteiger partial charge in [-0.3, -0.25) is 0 Å². The Morgan fingerprint density at radius 2 is 1.83 bits per heavy atom. The van der Waals surface area contributed by atoms with Crippen molar-refractivity contribution in [3.05, 3.63) is 59.4 Å². The molecule has 1 unspecified atom stereocenters.